The van der Waals surface area contributed by atoms with Crippen molar-refractivity contribution in [3.05, 3.63) is 0 Å². The smallest absolute Gasteiger partial charge is 0.326 e. The Morgan fingerprint density at radius 2 is 0.741 bits per heavy atom. The normalized spacial score (nSPS) is 14.1. The third-order valence-corrected chi connectivity index (χ3v) is 7.58. The molecular weight excluding hydrogens is 720 g/mol. The van der Waals surface area contributed by atoms with Crippen molar-refractivity contribution in [2.45, 2.75) is 121 Å². The van der Waals surface area contributed by atoms with E-state index < -0.39 is 159 Å². The lowest BCUT2D eigenvalue weighted by molar-refractivity contribution is -0.143. The van der Waals surface area contributed by atoms with Gasteiger partial charge in [-0.3, -0.25) is 47.9 Å². The van der Waals surface area contributed by atoms with Gasteiger partial charge < -0.3 is 65.5 Å². The maximum Gasteiger partial charge on any atom is 0.326 e. The predicted molar refractivity (Wildman–Crippen MR) is 185 cm³/mol. The van der Waals surface area contributed by atoms with Gasteiger partial charge in [0.15, 0.2) is 0 Å². The van der Waals surface area contributed by atoms with Gasteiger partial charge in [-0.2, -0.15) is 0 Å². The van der Waals surface area contributed by atoms with Crippen molar-refractivity contribution in [3.8, 4) is 0 Å². The molecule has 0 radical (unpaired) electrons. The van der Waals surface area contributed by atoms with Gasteiger partial charge in [-0.15, -0.1) is 0 Å². The predicted octanol–water partition coefficient (Wildman–Crippen LogP) is -5.20. The van der Waals surface area contributed by atoms with Gasteiger partial charge in [0.2, 0.25) is 53.2 Å². The van der Waals surface area contributed by atoms with Gasteiger partial charge in [0.1, 0.15) is 30.2 Å². The molecule has 0 aromatic heterocycles. The van der Waals surface area contributed by atoms with Crippen molar-refractivity contribution in [2.75, 3.05) is 0 Å². The summed E-state index contributed by atoms with van der Waals surface area (Å²) in [6.07, 6.45) is -4.23. The third-order valence-electron chi connectivity index (χ3n) is 7.58. The summed E-state index contributed by atoms with van der Waals surface area (Å²) in [6, 6.07) is -9.11. The van der Waals surface area contributed by atoms with E-state index in [-0.39, 0.29) is 18.8 Å². The van der Waals surface area contributed by atoms with Crippen LogP contribution in [0.3, 0.4) is 0 Å². The fourth-order valence-electron chi connectivity index (χ4n) is 4.69. The van der Waals surface area contributed by atoms with Crippen molar-refractivity contribution in [3.63, 3.8) is 0 Å². The molecule has 0 aromatic rings. The quantitative estimate of drug-likeness (QED) is 0.0354. The lowest BCUT2D eigenvalue weighted by Gasteiger charge is -2.27. The van der Waals surface area contributed by atoms with Gasteiger partial charge in [-0.1, -0.05) is 13.8 Å². The molecule has 0 heterocycles. The number of rotatable bonds is 28. The first-order valence-corrected chi connectivity index (χ1v) is 16.9. The molecule has 17 N–H and O–H groups in total. The summed E-state index contributed by atoms with van der Waals surface area (Å²) >= 11 is 0. The third kappa shape index (κ3) is 20.8. The number of carbonyl (C=O) groups is 11. The molecular formula is C31H52N10O13. The highest BCUT2D eigenvalue weighted by Crippen LogP contribution is 2.10. The molecule has 23 heteroatoms. The van der Waals surface area contributed by atoms with E-state index in [0.717, 1.165) is 0 Å². The number of nitrogens with one attached hydrogen (secondary N) is 5. The minimum atomic E-state index is -1.66. The molecule has 0 aromatic carbocycles. The van der Waals surface area contributed by atoms with Gasteiger partial charge in [0, 0.05) is 32.1 Å². The highest BCUT2D eigenvalue weighted by Gasteiger charge is 2.33. The average Bonchev–Trinajstić information content (AvgIpc) is 3.05. The minimum Gasteiger partial charge on any atom is -0.481 e. The molecule has 54 heavy (non-hydrogen) atoms. The first-order valence-electron chi connectivity index (χ1n) is 16.9. The summed E-state index contributed by atoms with van der Waals surface area (Å²) in [5.74, 6) is -11.6. The second-order valence-electron chi connectivity index (χ2n) is 12.8. The zero-order chi connectivity index (χ0) is 41.7. The first kappa shape index (κ1) is 48.1. The van der Waals surface area contributed by atoms with E-state index in [2.05, 4.69) is 26.6 Å². The van der Waals surface area contributed by atoms with Crippen molar-refractivity contribution < 1.29 is 63.0 Å². The molecule has 9 amide bonds. The Balaban J connectivity index is 6.36. The number of primary amides is 4. The summed E-state index contributed by atoms with van der Waals surface area (Å²) in [5.41, 5.74) is 26.5. The second kappa shape index (κ2) is 24.4. The summed E-state index contributed by atoms with van der Waals surface area (Å²) in [7, 11) is 0. The molecule has 0 unspecified atom stereocenters. The SMILES string of the molecule is CC(C)C[C@H](NC(=O)[C@@H](N)CCC(=O)O)C(=O)N[C@@H](CCC(N)=O)C(=O)N[C@@H](CCC(N)=O)C(=O)N[C@@H](CCC(N)=O)C(=O)N[C@@H](CCC(N)=O)C(=O)O. The van der Waals surface area contributed by atoms with Crippen LogP contribution in [0.1, 0.15) is 84.5 Å². The average molecular weight is 773 g/mol. The topological polar surface area (TPSA) is 418 Å². The monoisotopic (exact) mass is 772 g/mol. The Hall–Kier alpha value is -5.87. The van der Waals surface area contributed by atoms with E-state index in [1.54, 1.807) is 13.8 Å². The molecule has 0 spiro atoms. The minimum absolute atomic E-state index is 0.0248. The number of carboxylic acids is 2. The molecule has 0 bridgehead atoms. The highest BCUT2D eigenvalue weighted by atomic mass is 16.4. The summed E-state index contributed by atoms with van der Waals surface area (Å²) in [5, 5.41) is 29.9. The van der Waals surface area contributed by atoms with Crippen LogP contribution in [0.15, 0.2) is 0 Å². The zero-order valence-electron chi connectivity index (χ0n) is 30.1. The number of aliphatic carboxylic acids is 2. The van der Waals surface area contributed by atoms with E-state index in [1.165, 1.54) is 0 Å². The second-order valence-corrected chi connectivity index (χ2v) is 12.8. The van der Waals surface area contributed by atoms with Gasteiger partial charge in [0.25, 0.3) is 0 Å². The Labute approximate surface area is 310 Å². The Morgan fingerprint density at radius 1 is 0.444 bits per heavy atom. The van der Waals surface area contributed by atoms with Crippen molar-refractivity contribution in [1.29, 1.82) is 0 Å². The largest absolute Gasteiger partial charge is 0.481 e. The zero-order valence-corrected chi connectivity index (χ0v) is 30.1. The van der Waals surface area contributed by atoms with Gasteiger partial charge in [-0.25, -0.2) is 4.79 Å². The first-order chi connectivity index (χ1) is 25.0. The molecule has 0 saturated carbocycles. The molecule has 6 atom stereocenters. The Morgan fingerprint density at radius 3 is 1.04 bits per heavy atom. The number of amides is 9. The lowest BCUT2D eigenvalue weighted by atomic mass is 10.0. The Kier molecular flexibility index (Phi) is 21.7. The lowest BCUT2D eigenvalue weighted by Crippen LogP contribution is -2.59. The maximum absolute atomic E-state index is 13.6. The van der Waals surface area contributed by atoms with E-state index >= 15 is 0 Å². The van der Waals surface area contributed by atoms with E-state index in [4.69, 9.17) is 33.8 Å². The molecule has 0 aliphatic rings. The number of carboxylic acid groups (broad SMARTS) is 2. The van der Waals surface area contributed by atoms with E-state index in [1.807, 2.05) is 0 Å². The van der Waals surface area contributed by atoms with Crippen LogP contribution >= 0.6 is 0 Å². The fraction of sp³-hybridized carbons (Fsp3) is 0.645. The van der Waals surface area contributed by atoms with Crippen LogP contribution in [-0.4, -0.2) is 112 Å². The van der Waals surface area contributed by atoms with Crippen LogP contribution in [0.2, 0.25) is 0 Å². The van der Waals surface area contributed by atoms with Gasteiger partial charge >= 0.3 is 11.9 Å². The van der Waals surface area contributed by atoms with Crippen LogP contribution in [0, 0.1) is 5.92 Å². The van der Waals surface area contributed by atoms with Crippen LogP contribution < -0.4 is 55.3 Å². The summed E-state index contributed by atoms with van der Waals surface area (Å²) in [4.78, 5) is 135. The highest BCUT2D eigenvalue weighted by molar-refractivity contribution is 5.97. The van der Waals surface area contributed by atoms with Crippen LogP contribution in [0.25, 0.3) is 0 Å². The molecule has 0 aliphatic heterocycles. The fourth-order valence-corrected chi connectivity index (χ4v) is 4.69. The van der Waals surface area contributed by atoms with Crippen LogP contribution in [0.5, 0.6) is 0 Å². The molecule has 0 saturated heterocycles. The number of nitrogens with two attached hydrogens (primary N) is 5. The molecule has 0 rings (SSSR count). The molecule has 304 valence electrons. The maximum atomic E-state index is 13.6. The molecule has 23 nitrogen and oxygen atoms in total. The van der Waals surface area contributed by atoms with Gasteiger partial charge in [0.05, 0.1) is 6.04 Å². The van der Waals surface area contributed by atoms with Crippen molar-refractivity contribution >= 4 is 65.1 Å². The standard InChI is InChI=1S/C31H52N10O13/c1-14(2)13-20(41-26(48)15(32)3-12-25(46)47)30(52)39-17(5-9-22(34)43)28(50)37-16(4-8-21(33)42)27(49)38-18(6-10-23(35)44)29(51)40-19(31(53)54)7-11-24(36)45/h14-20H,3-13,32H2,1-2H3,(H2,33,42)(H2,34,43)(H2,35,44)(H2,36,45)(H,37,50)(H,38,49)(H,39,52)(H,40,51)(H,41,48)(H,46,47)(H,53,54)/t15-,16-,17-,18-,19-,20-/m0/s1. The van der Waals surface area contributed by atoms with Gasteiger partial charge in [-0.05, 0) is 44.4 Å². The summed E-state index contributed by atoms with van der Waals surface area (Å²) < 4.78 is 0. The Bertz CT molecular complexity index is 1410. The molecule has 0 aliphatic carbocycles. The van der Waals surface area contributed by atoms with Crippen LogP contribution in [0.4, 0.5) is 0 Å². The van der Waals surface area contributed by atoms with E-state index in [9.17, 15) is 57.8 Å². The molecule has 0 fully saturated rings. The van der Waals surface area contributed by atoms with Crippen molar-refractivity contribution in [2.24, 2.45) is 34.6 Å². The van der Waals surface area contributed by atoms with Crippen molar-refractivity contribution in [1.82, 2.24) is 26.6 Å². The van der Waals surface area contributed by atoms with Crippen LogP contribution in [-0.2, 0) is 52.7 Å². The van der Waals surface area contributed by atoms with E-state index in [0.29, 0.717) is 0 Å². The summed E-state index contributed by atoms with van der Waals surface area (Å²) in [6.45, 7) is 3.44. The number of carbonyl (C=O) groups excluding carboxylic acids is 9. The number of hydrogen-bond acceptors (Lipinski definition) is 12. The number of hydrogen-bond donors (Lipinski definition) is 12.